The minimum Gasteiger partial charge on any atom is -0.481 e. The molecule has 25 nitrogen and oxygen atoms in total. The highest BCUT2D eigenvalue weighted by Gasteiger charge is 2.39. The molecule has 0 aromatic heterocycles. The molecule has 1 heterocycles. The van der Waals surface area contributed by atoms with Crippen LogP contribution in [0.4, 0.5) is 0 Å². The molecule has 1 fully saturated rings. The van der Waals surface area contributed by atoms with E-state index in [1.165, 1.54) is 0 Å². The van der Waals surface area contributed by atoms with Crippen LogP contribution >= 0.6 is 0 Å². The van der Waals surface area contributed by atoms with E-state index < -0.39 is 146 Å². The van der Waals surface area contributed by atoms with Crippen LogP contribution in [0.2, 0.25) is 0 Å². The topological polar surface area (TPSA) is 428 Å². The number of carboxylic acid groups (broad SMARTS) is 2. The van der Waals surface area contributed by atoms with Crippen molar-refractivity contribution in [2.24, 2.45) is 28.9 Å². The number of hydrogen-bond acceptors (Lipinski definition) is 14. The third kappa shape index (κ3) is 17.6. The standard InChI is InChI=1S/C34H57N11O14/c1-3-16(2)27(44-30(54)21(15-46)43-31(55)22-8-6-10-45(22)33(57)17(36)11-23(37)47)32(56)39-14-25(49)40-19(13-26(50)51)29(53)41-18(7-4-5-9-35)28(52)42-20(34(58)59)12-24(38)48/h16-22,27,46H,3-15,35-36H2,1-2H3,(H2,37,47)(H2,38,48)(H,39,56)(H,40,49)(H,41,53)(H,42,52)(H,43,55)(H,44,54)(H,50,51)(H,58,59)/t16-,17-,18-,19-,20-,21-,22-,27-/m0/s1. The van der Waals surface area contributed by atoms with Crippen LogP contribution < -0.4 is 54.8 Å². The summed E-state index contributed by atoms with van der Waals surface area (Å²) in [5.41, 5.74) is 21.4. The van der Waals surface area contributed by atoms with E-state index in [9.17, 15) is 68.1 Å². The maximum absolute atomic E-state index is 13.3. The van der Waals surface area contributed by atoms with Gasteiger partial charge in [0.05, 0.1) is 38.5 Å². The number of carboxylic acids is 2. The summed E-state index contributed by atoms with van der Waals surface area (Å²) >= 11 is 0. The third-order valence-electron chi connectivity index (χ3n) is 9.24. The van der Waals surface area contributed by atoms with Gasteiger partial charge in [-0.05, 0) is 44.6 Å². The van der Waals surface area contributed by atoms with Gasteiger partial charge < -0.3 is 75.1 Å². The number of nitrogens with two attached hydrogens (primary N) is 4. The summed E-state index contributed by atoms with van der Waals surface area (Å²) in [6.45, 7) is 1.82. The van der Waals surface area contributed by atoms with Crippen molar-refractivity contribution < 1.29 is 68.1 Å². The van der Waals surface area contributed by atoms with Gasteiger partial charge in [-0.2, -0.15) is 0 Å². The molecule has 9 amide bonds. The highest BCUT2D eigenvalue weighted by molar-refractivity contribution is 5.98. The fraction of sp³-hybridized carbons (Fsp3) is 0.676. The molecule has 17 N–H and O–H groups in total. The first kappa shape index (κ1) is 51.1. The molecule has 0 bridgehead atoms. The average Bonchev–Trinajstić information content (AvgIpc) is 3.66. The van der Waals surface area contributed by atoms with E-state index in [-0.39, 0.29) is 32.4 Å². The van der Waals surface area contributed by atoms with Crippen molar-refractivity contribution in [1.82, 2.24) is 36.8 Å². The van der Waals surface area contributed by atoms with E-state index in [1.807, 2.05) is 0 Å². The first-order valence-electron chi connectivity index (χ1n) is 18.8. The second-order valence-electron chi connectivity index (χ2n) is 13.9. The Morgan fingerprint density at radius 1 is 0.746 bits per heavy atom. The molecule has 1 saturated heterocycles. The predicted molar refractivity (Wildman–Crippen MR) is 202 cm³/mol. The molecule has 0 unspecified atom stereocenters. The highest BCUT2D eigenvalue weighted by Crippen LogP contribution is 2.19. The number of aliphatic carboxylic acids is 2. The van der Waals surface area contributed by atoms with Crippen LogP contribution in [0.3, 0.4) is 0 Å². The molecule has 0 spiro atoms. The van der Waals surface area contributed by atoms with Crippen molar-refractivity contribution in [2.75, 3.05) is 26.2 Å². The molecule has 25 heteroatoms. The number of aliphatic hydroxyl groups is 1. The van der Waals surface area contributed by atoms with Crippen LogP contribution in [0.1, 0.15) is 71.6 Å². The second-order valence-corrected chi connectivity index (χ2v) is 13.9. The summed E-state index contributed by atoms with van der Waals surface area (Å²) in [4.78, 5) is 138. The van der Waals surface area contributed by atoms with Crippen molar-refractivity contribution in [3.8, 4) is 0 Å². The molecular weight excluding hydrogens is 786 g/mol. The molecule has 0 aromatic carbocycles. The number of aliphatic hydroxyl groups excluding tert-OH is 1. The fourth-order valence-corrected chi connectivity index (χ4v) is 5.85. The molecule has 0 aromatic rings. The van der Waals surface area contributed by atoms with Gasteiger partial charge in [-0.3, -0.25) is 47.9 Å². The van der Waals surface area contributed by atoms with Crippen LogP contribution in [-0.4, -0.2) is 154 Å². The number of primary amides is 2. The van der Waals surface area contributed by atoms with Gasteiger partial charge in [0.1, 0.15) is 36.3 Å². The summed E-state index contributed by atoms with van der Waals surface area (Å²) in [6, 6.07) is -10.4. The van der Waals surface area contributed by atoms with Gasteiger partial charge in [-0.15, -0.1) is 0 Å². The van der Waals surface area contributed by atoms with E-state index in [4.69, 9.17) is 22.9 Å². The fourth-order valence-electron chi connectivity index (χ4n) is 5.85. The minimum absolute atomic E-state index is 0.100. The number of carbonyl (C=O) groups is 11. The van der Waals surface area contributed by atoms with Gasteiger partial charge >= 0.3 is 11.9 Å². The third-order valence-corrected chi connectivity index (χ3v) is 9.24. The second kappa shape index (κ2) is 25.4. The Hall–Kier alpha value is -5.95. The van der Waals surface area contributed by atoms with Gasteiger partial charge in [0.25, 0.3) is 0 Å². The lowest BCUT2D eigenvalue weighted by molar-refractivity contribution is -0.144. The zero-order chi connectivity index (χ0) is 45.0. The molecule has 0 aliphatic carbocycles. The SMILES string of the molecule is CC[C@H](C)[C@H](NC(=O)[C@H](CO)NC(=O)[C@@H]1CCCN1C(=O)[C@@H](N)CC(N)=O)C(=O)NCC(=O)N[C@@H](CC(=O)O)C(=O)N[C@@H](CCCCN)C(=O)N[C@@H](CC(N)=O)C(=O)O. The molecule has 332 valence electrons. The monoisotopic (exact) mass is 843 g/mol. The summed E-state index contributed by atoms with van der Waals surface area (Å²) in [5.74, 6) is -12.3. The lowest BCUT2D eigenvalue weighted by Crippen LogP contribution is -2.60. The molecule has 8 atom stereocenters. The maximum atomic E-state index is 13.3. The van der Waals surface area contributed by atoms with Gasteiger partial charge in [-0.1, -0.05) is 20.3 Å². The molecule has 0 radical (unpaired) electrons. The number of rotatable bonds is 27. The minimum atomic E-state index is -1.81. The summed E-state index contributed by atoms with van der Waals surface area (Å²) in [7, 11) is 0. The number of amides is 9. The van der Waals surface area contributed by atoms with Crippen LogP contribution in [0.5, 0.6) is 0 Å². The number of unbranched alkanes of at least 4 members (excludes halogenated alkanes) is 1. The number of nitrogens with zero attached hydrogens (tertiary/aromatic N) is 1. The lowest BCUT2D eigenvalue weighted by atomic mass is 9.98. The summed E-state index contributed by atoms with van der Waals surface area (Å²) < 4.78 is 0. The van der Waals surface area contributed by atoms with Crippen LogP contribution in [0.15, 0.2) is 0 Å². The van der Waals surface area contributed by atoms with E-state index in [2.05, 4.69) is 31.9 Å². The van der Waals surface area contributed by atoms with Gasteiger partial charge in [-0.25, -0.2) is 4.79 Å². The summed E-state index contributed by atoms with van der Waals surface area (Å²) in [5, 5.41) is 42.3. The predicted octanol–water partition coefficient (Wildman–Crippen LogP) is -6.68. The number of carbonyl (C=O) groups excluding carboxylic acids is 9. The molecule has 59 heavy (non-hydrogen) atoms. The number of likely N-dealkylation sites (tertiary alicyclic amines) is 1. The van der Waals surface area contributed by atoms with E-state index >= 15 is 0 Å². The maximum Gasteiger partial charge on any atom is 0.326 e. The number of hydrogen-bond donors (Lipinski definition) is 13. The van der Waals surface area contributed by atoms with Crippen molar-refractivity contribution in [2.45, 2.75) is 114 Å². The van der Waals surface area contributed by atoms with Gasteiger partial charge in [0, 0.05) is 6.54 Å². The first-order chi connectivity index (χ1) is 27.7. The van der Waals surface area contributed by atoms with E-state index in [0.29, 0.717) is 19.3 Å². The molecule has 1 aliphatic rings. The molecule has 0 saturated carbocycles. The van der Waals surface area contributed by atoms with Crippen molar-refractivity contribution >= 4 is 65.1 Å². The number of nitrogens with one attached hydrogen (secondary N) is 6. The zero-order valence-corrected chi connectivity index (χ0v) is 32.9. The van der Waals surface area contributed by atoms with Crippen LogP contribution in [-0.2, 0) is 52.7 Å². The first-order valence-corrected chi connectivity index (χ1v) is 18.8. The van der Waals surface area contributed by atoms with Crippen LogP contribution in [0, 0.1) is 5.92 Å². The van der Waals surface area contributed by atoms with E-state index in [0.717, 1.165) is 4.90 Å². The largest absolute Gasteiger partial charge is 0.481 e. The Morgan fingerprint density at radius 2 is 1.34 bits per heavy atom. The molecular formula is C34H57N11O14. The van der Waals surface area contributed by atoms with Crippen molar-refractivity contribution in [3.05, 3.63) is 0 Å². The quantitative estimate of drug-likeness (QED) is 0.0342. The summed E-state index contributed by atoms with van der Waals surface area (Å²) in [6.07, 6.45) is -0.799. The Labute approximate surface area is 338 Å². The van der Waals surface area contributed by atoms with Crippen molar-refractivity contribution in [3.63, 3.8) is 0 Å². The van der Waals surface area contributed by atoms with Gasteiger partial charge in [0.2, 0.25) is 53.2 Å². The highest BCUT2D eigenvalue weighted by atomic mass is 16.4. The molecule has 1 rings (SSSR count). The Balaban J connectivity index is 3.04. The average molecular weight is 844 g/mol. The smallest absolute Gasteiger partial charge is 0.326 e. The Kier molecular flexibility index (Phi) is 22.0. The van der Waals surface area contributed by atoms with Crippen LogP contribution in [0.25, 0.3) is 0 Å². The zero-order valence-electron chi connectivity index (χ0n) is 32.9. The Morgan fingerprint density at radius 3 is 1.88 bits per heavy atom. The van der Waals surface area contributed by atoms with Gasteiger partial charge in [0.15, 0.2) is 0 Å². The van der Waals surface area contributed by atoms with Crippen molar-refractivity contribution in [1.29, 1.82) is 0 Å². The van der Waals surface area contributed by atoms with E-state index in [1.54, 1.807) is 13.8 Å². The normalized spacial score (nSPS) is 17.0. The Bertz CT molecular complexity index is 1560. The lowest BCUT2D eigenvalue weighted by Gasteiger charge is -2.29. The molecule has 1 aliphatic heterocycles.